The molecule has 0 aliphatic carbocycles. The van der Waals surface area contributed by atoms with Crippen LogP contribution in [0.1, 0.15) is 27.8 Å². The third-order valence-corrected chi connectivity index (χ3v) is 6.06. The average Bonchev–Trinajstić information content (AvgIpc) is 3.04. The Bertz CT molecular complexity index is 1050. The molecule has 7 nitrogen and oxygen atoms in total. The lowest BCUT2D eigenvalue weighted by molar-refractivity contribution is 0.599. The van der Waals surface area contributed by atoms with Crippen LogP contribution in [0, 0.1) is 34.6 Å². The van der Waals surface area contributed by atoms with Crippen molar-refractivity contribution in [2.75, 3.05) is 4.72 Å². The first-order chi connectivity index (χ1) is 12.2. The lowest BCUT2D eigenvalue weighted by atomic mass is 10.1. The molecule has 0 aliphatic rings. The number of hydrogen-bond donors (Lipinski definition) is 1. The molecule has 1 aromatic heterocycles. The minimum atomic E-state index is -3.78. The molecule has 0 spiro atoms. The Kier molecular flexibility index (Phi) is 4.53. The van der Waals surface area contributed by atoms with E-state index in [1.165, 1.54) is 11.0 Å². The summed E-state index contributed by atoms with van der Waals surface area (Å²) >= 11 is 0. The molecule has 0 saturated heterocycles. The van der Waals surface area contributed by atoms with Crippen molar-refractivity contribution in [2.45, 2.75) is 39.5 Å². The van der Waals surface area contributed by atoms with E-state index in [0.29, 0.717) is 22.5 Å². The molecule has 0 unspecified atom stereocenters. The molecule has 1 N–H and O–H groups in total. The Morgan fingerprint density at radius 2 is 1.62 bits per heavy atom. The molecular formula is C18H21N5O2S. The predicted octanol–water partition coefficient (Wildman–Crippen LogP) is 3.01. The van der Waals surface area contributed by atoms with E-state index < -0.39 is 10.0 Å². The monoisotopic (exact) mass is 371 g/mol. The normalized spacial score (nSPS) is 11.6. The van der Waals surface area contributed by atoms with E-state index in [2.05, 4.69) is 20.2 Å². The van der Waals surface area contributed by atoms with Crippen molar-refractivity contribution in [1.82, 2.24) is 20.2 Å². The quantitative estimate of drug-likeness (QED) is 0.761. The Labute approximate surface area is 153 Å². The van der Waals surface area contributed by atoms with Crippen molar-refractivity contribution in [3.63, 3.8) is 0 Å². The molecule has 8 heteroatoms. The zero-order valence-electron chi connectivity index (χ0n) is 15.4. The number of aryl methyl sites for hydroxylation is 4. The molecule has 1 heterocycles. The summed E-state index contributed by atoms with van der Waals surface area (Å²) in [5, 5.41) is 11.2. The lowest BCUT2D eigenvalue weighted by Crippen LogP contribution is -2.19. The third kappa shape index (κ3) is 3.08. The fourth-order valence-electron chi connectivity index (χ4n) is 3.35. The number of nitrogens with one attached hydrogen (secondary N) is 1. The third-order valence-electron chi connectivity index (χ3n) is 4.42. The highest BCUT2D eigenvalue weighted by Crippen LogP contribution is 2.31. The van der Waals surface area contributed by atoms with Crippen LogP contribution in [0.25, 0.3) is 5.69 Å². The molecule has 136 valence electrons. The van der Waals surface area contributed by atoms with Gasteiger partial charge in [-0.2, -0.15) is 4.68 Å². The number of hydrogen-bond acceptors (Lipinski definition) is 5. The van der Waals surface area contributed by atoms with Crippen LogP contribution in [0.5, 0.6) is 0 Å². The summed E-state index contributed by atoms with van der Waals surface area (Å²) in [4.78, 5) is 0.247. The maximum Gasteiger partial charge on any atom is 0.262 e. The highest BCUT2D eigenvalue weighted by atomic mass is 32.2. The van der Waals surface area contributed by atoms with Crippen LogP contribution in [-0.4, -0.2) is 28.6 Å². The van der Waals surface area contributed by atoms with E-state index in [0.717, 1.165) is 16.7 Å². The van der Waals surface area contributed by atoms with Crippen LogP contribution < -0.4 is 4.72 Å². The van der Waals surface area contributed by atoms with Crippen molar-refractivity contribution in [1.29, 1.82) is 0 Å². The van der Waals surface area contributed by atoms with E-state index in [1.807, 2.05) is 45.0 Å². The lowest BCUT2D eigenvalue weighted by Gasteiger charge is -2.19. The molecule has 0 aliphatic heterocycles. The smallest absolute Gasteiger partial charge is 0.262 e. The largest absolute Gasteiger partial charge is 0.279 e. The van der Waals surface area contributed by atoms with Gasteiger partial charge in [-0.05, 0) is 72.9 Å². The Balaban J connectivity index is 2.18. The Morgan fingerprint density at radius 3 is 2.19 bits per heavy atom. The SMILES string of the molecule is Cc1cccc(C)c1NS(=O)(=O)c1c(C)cc(C)c(-n2cnnn2)c1C. The topological polar surface area (TPSA) is 89.8 Å². The number of benzene rings is 2. The standard InChI is InChI=1S/C18H21N5O2S/c1-11-7-6-8-12(2)16(11)20-26(24,25)18-14(4)9-13(3)17(15(18)5)23-10-19-21-22-23/h6-10,20H,1-5H3. The second kappa shape index (κ2) is 6.53. The number of anilines is 1. The molecule has 2 aromatic carbocycles. The minimum Gasteiger partial charge on any atom is -0.279 e. The average molecular weight is 371 g/mol. The van der Waals surface area contributed by atoms with Gasteiger partial charge < -0.3 is 0 Å². The summed E-state index contributed by atoms with van der Waals surface area (Å²) in [6.45, 7) is 9.24. The van der Waals surface area contributed by atoms with Crippen molar-refractivity contribution in [3.05, 3.63) is 58.4 Å². The van der Waals surface area contributed by atoms with Gasteiger partial charge >= 0.3 is 0 Å². The molecular weight excluding hydrogens is 350 g/mol. The van der Waals surface area contributed by atoms with Crippen LogP contribution in [0.2, 0.25) is 0 Å². The van der Waals surface area contributed by atoms with E-state index in [9.17, 15) is 8.42 Å². The Morgan fingerprint density at radius 1 is 0.962 bits per heavy atom. The van der Waals surface area contributed by atoms with Crippen LogP contribution in [0.3, 0.4) is 0 Å². The highest BCUT2D eigenvalue weighted by molar-refractivity contribution is 7.92. The van der Waals surface area contributed by atoms with Crippen LogP contribution in [-0.2, 0) is 10.0 Å². The molecule has 0 radical (unpaired) electrons. The number of tetrazole rings is 1. The van der Waals surface area contributed by atoms with Crippen molar-refractivity contribution in [3.8, 4) is 5.69 Å². The zero-order valence-corrected chi connectivity index (χ0v) is 16.2. The first-order valence-electron chi connectivity index (χ1n) is 8.15. The van der Waals surface area contributed by atoms with Crippen LogP contribution in [0.4, 0.5) is 5.69 Å². The summed E-state index contributed by atoms with van der Waals surface area (Å²) in [7, 11) is -3.78. The van der Waals surface area contributed by atoms with Gasteiger partial charge in [0.05, 0.1) is 16.3 Å². The van der Waals surface area contributed by atoms with Gasteiger partial charge in [-0.15, -0.1) is 5.10 Å². The van der Waals surface area contributed by atoms with Crippen LogP contribution >= 0.6 is 0 Å². The van der Waals surface area contributed by atoms with Crippen molar-refractivity contribution < 1.29 is 8.42 Å². The van der Waals surface area contributed by atoms with Gasteiger partial charge in [0.15, 0.2) is 0 Å². The van der Waals surface area contributed by atoms with E-state index in [-0.39, 0.29) is 4.90 Å². The summed E-state index contributed by atoms with van der Waals surface area (Å²) < 4.78 is 30.7. The summed E-state index contributed by atoms with van der Waals surface area (Å²) in [5.41, 5.74) is 5.20. The van der Waals surface area contributed by atoms with Crippen LogP contribution in [0.15, 0.2) is 35.5 Å². The molecule has 0 bridgehead atoms. The first-order valence-corrected chi connectivity index (χ1v) is 9.64. The van der Waals surface area contributed by atoms with Gasteiger partial charge in [0.2, 0.25) is 0 Å². The summed E-state index contributed by atoms with van der Waals surface area (Å²) in [5.74, 6) is 0. The fraction of sp³-hybridized carbons (Fsp3) is 0.278. The highest BCUT2D eigenvalue weighted by Gasteiger charge is 2.25. The van der Waals surface area contributed by atoms with E-state index in [1.54, 1.807) is 13.8 Å². The van der Waals surface area contributed by atoms with Gasteiger partial charge in [-0.25, -0.2) is 8.42 Å². The minimum absolute atomic E-state index is 0.247. The van der Waals surface area contributed by atoms with Gasteiger partial charge in [0.25, 0.3) is 10.0 Å². The summed E-state index contributed by atoms with van der Waals surface area (Å²) in [6.07, 6.45) is 1.46. The predicted molar refractivity (Wildman–Crippen MR) is 100 cm³/mol. The Hall–Kier alpha value is -2.74. The van der Waals surface area contributed by atoms with Gasteiger partial charge in [0.1, 0.15) is 6.33 Å². The molecule has 0 amide bonds. The number of nitrogens with zero attached hydrogens (tertiary/aromatic N) is 4. The van der Waals surface area contributed by atoms with Gasteiger partial charge in [-0.3, -0.25) is 4.72 Å². The maximum absolute atomic E-state index is 13.2. The zero-order chi connectivity index (χ0) is 19.1. The van der Waals surface area contributed by atoms with Gasteiger partial charge in [0, 0.05) is 0 Å². The van der Waals surface area contributed by atoms with E-state index in [4.69, 9.17) is 0 Å². The number of rotatable bonds is 4. The fourth-order valence-corrected chi connectivity index (χ4v) is 5.02. The first kappa shape index (κ1) is 18.1. The van der Waals surface area contributed by atoms with Gasteiger partial charge in [-0.1, -0.05) is 24.3 Å². The maximum atomic E-state index is 13.2. The molecule has 3 rings (SSSR count). The molecule has 26 heavy (non-hydrogen) atoms. The second-order valence-corrected chi connectivity index (χ2v) is 8.06. The molecule has 0 fully saturated rings. The molecule has 3 aromatic rings. The number of aromatic nitrogens is 4. The number of para-hydroxylation sites is 1. The molecule has 0 atom stereocenters. The number of sulfonamides is 1. The second-order valence-electron chi connectivity index (χ2n) is 6.44. The van der Waals surface area contributed by atoms with E-state index >= 15 is 0 Å². The molecule has 0 saturated carbocycles. The van der Waals surface area contributed by atoms with Crippen molar-refractivity contribution >= 4 is 15.7 Å². The summed E-state index contributed by atoms with van der Waals surface area (Å²) in [6, 6.07) is 7.50. The van der Waals surface area contributed by atoms with Crippen molar-refractivity contribution in [2.24, 2.45) is 0 Å².